The van der Waals surface area contributed by atoms with Gasteiger partial charge in [0.2, 0.25) is 5.82 Å². The monoisotopic (exact) mass is 337 g/mol. The van der Waals surface area contributed by atoms with Crippen LogP contribution in [0.15, 0.2) is 22.7 Å². The predicted octanol–water partition coefficient (Wildman–Crippen LogP) is 2.60. The smallest absolute Gasteiger partial charge is 0.327 e. The van der Waals surface area contributed by atoms with Crippen LogP contribution in [0.5, 0.6) is 11.5 Å². The van der Waals surface area contributed by atoms with Crippen LogP contribution in [0.2, 0.25) is 0 Å². The summed E-state index contributed by atoms with van der Waals surface area (Å²) in [6, 6.07) is 5.08. The number of nitrogens with zero attached hydrogens (tertiary/aromatic N) is 2. The number of hydrogen-bond donors (Lipinski definition) is 1. The van der Waals surface area contributed by atoms with Gasteiger partial charge in [0.15, 0.2) is 11.5 Å². The van der Waals surface area contributed by atoms with Crippen molar-refractivity contribution >= 4 is 0 Å². The van der Waals surface area contributed by atoms with Crippen molar-refractivity contribution < 1.29 is 22.8 Å². The molecule has 24 heavy (non-hydrogen) atoms. The third-order valence-corrected chi connectivity index (χ3v) is 4.36. The number of alkyl halides is 2. The van der Waals surface area contributed by atoms with E-state index in [9.17, 15) is 8.78 Å². The van der Waals surface area contributed by atoms with E-state index in [0.717, 1.165) is 0 Å². The van der Waals surface area contributed by atoms with Crippen molar-refractivity contribution in [1.82, 2.24) is 15.5 Å². The Hall–Kier alpha value is -2.22. The highest BCUT2D eigenvalue weighted by molar-refractivity contribution is 5.61. The summed E-state index contributed by atoms with van der Waals surface area (Å²) in [5, 5.41) is 6.79. The maximum atomic E-state index is 14.6. The molecule has 6 nitrogen and oxygen atoms in total. The standard InChI is InChI=1S/C16H17F2N3O3/c17-16(18,11-3-5-19-6-4-11)15-20-14(21-24-15)10-1-2-12-13(9-10)23-8-7-22-12/h1-2,9,11,19H,3-8H2. The second kappa shape index (κ2) is 6.01. The lowest BCUT2D eigenvalue weighted by Gasteiger charge is -2.27. The minimum Gasteiger partial charge on any atom is -0.486 e. The summed E-state index contributed by atoms with van der Waals surface area (Å²) in [6.45, 7) is 2.08. The zero-order valence-corrected chi connectivity index (χ0v) is 12.9. The molecule has 1 N–H and O–H groups in total. The molecule has 0 amide bonds. The Kier molecular flexibility index (Phi) is 3.84. The fraction of sp³-hybridized carbons (Fsp3) is 0.500. The maximum absolute atomic E-state index is 14.6. The highest BCUT2D eigenvalue weighted by atomic mass is 19.3. The zero-order valence-electron chi connectivity index (χ0n) is 12.9. The number of fused-ring (bicyclic) bond motifs is 1. The lowest BCUT2D eigenvalue weighted by Crippen LogP contribution is -2.36. The molecule has 1 fully saturated rings. The lowest BCUT2D eigenvalue weighted by atomic mass is 9.91. The van der Waals surface area contributed by atoms with Gasteiger partial charge in [0.25, 0.3) is 5.89 Å². The molecule has 0 unspecified atom stereocenters. The molecule has 2 aliphatic heterocycles. The van der Waals surface area contributed by atoms with Gasteiger partial charge in [-0.25, -0.2) is 0 Å². The van der Waals surface area contributed by atoms with Gasteiger partial charge >= 0.3 is 5.92 Å². The highest BCUT2D eigenvalue weighted by Crippen LogP contribution is 2.40. The van der Waals surface area contributed by atoms with Gasteiger partial charge in [-0.15, -0.1) is 0 Å². The first-order valence-corrected chi connectivity index (χ1v) is 7.97. The van der Waals surface area contributed by atoms with Crippen LogP contribution in [0.1, 0.15) is 18.7 Å². The number of piperidine rings is 1. The molecule has 1 aromatic carbocycles. The van der Waals surface area contributed by atoms with E-state index in [4.69, 9.17) is 14.0 Å². The van der Waals surface area contributed by atoms with Gasteiger partial charge in [-0.2, -0.15) is 13.8 Å². The summed E-state index contributed by atoms with van der Waals surface area (Å²) >= 11 is 0. The van der Waals surface area contributed by atoms with Crippen LogP contribution in [0.25, 0.3) is 11.4 Å². The van der Waals surface area contributed by atoms with E-state index in [-0.39, 0.29) is 5.82 Å². The number of nitrogens with one attached hydrogen (secondary N) is 1. The second-order valence-corrected chi connectivity index (χ2v) is 5.93. The Morgan fingerprint density at radius 1 is 1.08 bits per heavy atom. The molecule has 0 bridgehead atoms. The SMILES string of the molecule is FC(F)(c1nc(-c2ccc3c(c2)OCCO3)no1)C1CCNCC1. The van der Waals surface area contributed by atoms with E-state index in [1.807, 2.05) is 0 Å². The molecule has 0 spiro atoms. The first-order chi connectivity index (χ1) is 11.6. The Morgan fingerprint density at radius 2 is 1.83 bits per heavy atom. The molecule has 128 valence electrons. The minimum absolute atomic E-state index is 0.121. The molecule has 2 aliphatic rings. The van der Waals surface area contributed by atoms with Crippen LogP contribution in [0.3, 0.4) is 0 Å². The molecule has 1 aromatic heterocycles. The van der Waals surface area contributed by atoms with E-state index in [1.165, 1.54) is 0 Å². The quantitative estimate of drug-likeness (QED) is 0.928. The summed E-state index contributed by atoms with van der Waals surface area (Å²) in [7, 11) is 0. The van der Waals surface area contributed by atoms with Crippen molar-refractivity contribution in [2.75, 3.05) is 26.3 Å². The van der Waals surface area contributed by atoms with Gasteiger partial charge in [-0.05, 0) is 44.1 Å². The molecule has 0 atom stereocenters. The first kappa shape index (κ1) is 15.3. The van der Waals surface area contributed by atoms with Crippen LogP contribution in [-0.2, 0) is 5.92 Å². The highest BCUT2D eigenvalue weighted by Gasteiger charge is 2.46. The molecular formula is C16H17F2N3O3. The molecule has 8 heteroatoms. The minimum atomic E-state index is -3.12. The fourth-order valence-corrected chi connectivity index (χ4v) is 3.02. The van der Waals surface area contributed by atoms with Crippen LogP contribution in [-0.4, -0.2) is 36.4 Å². The van der Waals surface area contributed by atoms with Gasteiger partial charge < -0.3 is 19.3 Å². The number of aromatic nitrogens is 2. The molecule has 2 aromatic rings. The van der Waals surface area contributed by atoms with E-state index in [1.54, 1.807) is 18.2 Å². The molecular weight excluding hydrogens is 320 g/mol. The summed E-state index contributed by atoms with van der Waals surface area (Å²) in [6.07, 6.45) is 0.767. The summed E-state index contributed by atoms with van der Waals surface area (Å²) in [4.78, 5) is 3.93. The molecule has 0 radical (unpaired) electrons. The number of benzene rings is 1. The van der Waals surface area contributed by atoms with Gasteiger partial charge in [0.1, 0.15) is 13.2 Å². The molecule has 3 heterocycles. The van der Waals surface area contributed by atoms with Crippen molar-refractivity contribution in [3.05, 3.63) is 24.1 Å². The van der Waals surface area contributed by atoms with E-state index >= 15 is 0 Å². The fourth-order valence-electron chi connectivity index (χ4n) is 3.02. The molecule has 1 saturated heterocycles. The van der Waals surface area contributed by atoms with Crippen molar-refractivity contribution in [1.29, 1.82) is 0 Å². The number of halogens is 2. The van der Waals surface area contributed by atoms with Crippen molar-refractivity contribution in [3.63, 3.8) is 0 Å². The van der Waals surface area contributed by atoms with Crippen LogP contribution < -0.4 is 14.8 Å². The van der Waals surface area contributed by atoms with Crippen molar-refractivity contribution in [2.24, 2.45) is 5.92 Å². The average Bonchev–Trinajstić information content (AvgIpc) is 3.13. The van der Waals surface area contributed by atoms with Gasteiger partial charge in [0.05, 0.1) is 0 Å². The summed E-state index contributed by atoms with van der Waals surface area (Å²) in [5.41, 5.74) is 0.551. The zero-order chi connectivity index (χ0) is 16.6. The van der Waals surface area contributed by atoms with Gasteiger partial charge in [-0.1, -0.05) is 5.16 Å². The lowest BCUT2D eigenvalue weighted by molar-refractivity contribution is -0.0993. The number of ether oxygens (including phenoxy) is 2. The van der Waals surface area contributed by atoms with E-state index in [2.05, 4.69) is 15.5 Å². The largest absolute Gasteiger partial charge is 0.486 e. The predicted molar refractivity (Wildman–Crippen MR) is 80.2 cm³/mol. The Balaban J connectivity index is 1.60. The third-order valence-electron chi connectivity index (χ3n) is 4.36. The Morgan fingerprint density at radius 3 is 2.62 bits per heavy atom. The molecule has 0 saturated carbocycles. The van der Waals surface area contributed by atoms with Gasteiger partial charge in [-0.3, -0.25) is 0 Å². The number of hydrogen-bond acceptors (Lipinski definition) is 6. The second-order valence-electron chi connectivity index (χ2n) is 5.93. The third kappa shape index (κ3) is 2.71. The van der Waals surface area contributed by atoms with Crippen LogP contribution in [0, 0.1) is 5.92 Å². The first-order valence-electron chi connectivity index (χ1n) is 7.97. The topological polar surface area (TPSA) is 69.4 Å². The summed E-state index contributed by atoms with van der Waals surface area (Å²) in [5.74, 6) is -3.24. The maximum Gasteiger partial charge on any atom is 0.327 e. The molecule has 4 rings (SSSR count). The van der Waals surface area contributed by atoms with Gasteiger partial charge in [0, 0.05) is 11.5 Å². The van der Waals surface area contributed by atoms with Crippen LogP contribution in [0.4, 0.5) is 8.78 Å². The van der Waals surface area contributed by atoms with E-state index in [0.29, 0.717) is 56.2 Å². The van der Waals surface area contributed by atoms with Crippen molar-refractivity contribution in [2.45, 2.75) is 18.8 Å². The van der Waals surface area contributed by atoms with Crippen molar-refractivity contribution in [3.8, 4) is 22.9 Å². The average molecular weight is 337 g/mol. The summed E-state index contributed by atoms with van der Waals surface area (Å²) < 4.78 is 45.0. The molecule has 0 aliphatic carbocycles. The Bertz CT molecular complexity index is 729. The Labute approximate surface area is 137 Å². The number of rotatable bonds is 3. The van der Waals surface area contributed by atoms with E-state index < -0.39 is 17.7 Å². The normalized spacial score (nSPS) is 18.6. The van der Waals surface area contributed by atoms with Crippen LogP contribution >= 0.6 is 0 Å².